The SMILES string of the molecule is COc1cnc(NC(=O)/C(=N/O[C@@H]2CCOC2)c2ccc(S(=O)(=O)N(C)CCO)cc2)cn1. The average Bonchev–Trinajstić information content (AvgIpc) is 3.34. The number of hydrogen-bond donors (Lipinski definition) is 2. The van der Waals surface area contributed by atoms with E-state index in [1.54, 1.807) is 0 Å². The number of hydrogen-bond acceptors (Lipinski definition) is 10. The van der Waals surface area contributed by atoms with Crippen molar-refractivity contribution >= 4 is 27.5 Å². The Hall–Kier alpha value is -3.13. The van der Waals surface area contributed by atoms with Gasteiger partial charge in [-0.1, -0.05) is 17.3 Å². The van der Waals surface area contributed by atoms with Crippen LogP contribution in [0.4, 0.5) is 5.82 Å². The molecule has 1 atom stereocenters. The molecule has 1 aliphatic rings. The molecule has 1 amide bonds. The van der Waals surface area contributed by atoms with E-state index in [1.807, 2.05) is 0 Å². The van der Waals surface area contributed by atoms with Crippen LogP contribution in [0.15, 0.2) is 46.7 Å². The van der Waals surface area contributed by atoms with Crippen LogP contribution >= 0.6 is 0 Å². The smallest absolute Gasteiger partial charge is 0.279 e. The van der Waals surface area contributed by atoms with E-state index in [-0.39, 0.29) is 41.6 Å². The van der Waals surface area contributed by atoms with Crippen LogP contribution in [0.2, 0.25) is 0 Å². The van der Waals surface area contributed by atoms with Gasteiger partial charge in [-0.3, -0.25) is 4.79 Å². The Morgan fingerprint density at radius 1 is 1.30 bits per heavy atom. The fraction of sp³-hybridized carbons (Fsp3) is 0.400. The molecule has 0 radical (unpaired) electrons. The third-order valence-electron chi connectivity index (χ3n) is 4.73. The van der Waals surface area contributed by atoms with Gasteiger partial charge in [-0.2, -0.15) is 4.31 Å². The van der Waals surface area contributed by atoms with Crippen LogP contribution in [-0.2, 0) is 24.4 Å². The normalized spacial score (nSPS) is 16.6. The Kier molecular flexibility index (Phi) is 8.27. The van der Waals surface area contributed by atoms with E-state index in [4.69, 9.17) is 19.4 Å². The molecule has 2 aromatic rings. The number of amides is 1. The number of benzene rings is 1. The molecule has 1 fully saturated rings. The lowest BCUT2D eigenvalue weighted by Crippen LogP contribution is -2.30. The third kappa shape index (κ3) is 6.22. The molecular weight excluding hydrogens is 454 g/mol. The summed E-state index contributed by atoms with van der Waals surface area (Å²) < 4.78 is 36.4. The summed E-state index contributed by atoms with van der Waals surface area (Å²) in [5.41, 5.74) is 0.254. The molecule has 0 bridgehead atoms. The predicted molar refractivity (Wildman–Crippen MR) is 117 cm³/mol. The van der Waals surface area contributed by atoms with Gasteiger partial charge in [0.15, 0.2) is 17.6 Å². The fourth-order valence-corrected chi connectivity index (χ4v) is 4.00. The van der Waals surface area contributed by atoms with Gasteiger partial charge in [0, 0.05) is 25.6 Å². The molecule has 1 saturated heterocycles. The second-order valence-electron chi connectivity index (χ2n) is 7.00. The van der Waals surface area contributed by atoms with Crippen LogP contribution < -0.4 is 10.1 Å². The third-order valence-corrected chi connectivity index (χ3v) is 6.60. The van der Waals surface area contributed by atoms with Crippen molar-refractivity contribution in [3.63, 3.8) is 0 Å². The molecule has 1 aliphatic heterocycles. The van der Waals surface area contributed by atoms with E-state index in [1.165, 1.54) is 50.8 Å². The maximum Gasteiger partial charge on any atom is 0.279 e. The van der Waals surface area contributed by atoms with Gasteiger partial charge in [0.1, 0.15) is 0 Å². The monoisotopic (exact) mass is 479 g/mol. The van der Waals surface area contributed by atoms with Crippen LogP contribution in [0.25, 0.3) is 0 Å². The van der Waals surface area contributed by atoms with Gasteiger partial charge in [-0.05, 0) is 12.1 Å². The highest BCUT2D eigenvalue weighted by Gasteiger charge is 2.23. The van der Waals surface area contributed by atoms with E-state index >= 15 is 0 Å². The van der Waals surface area contributed by atoms with E-state index in [2.05, 4.69) is 20.4 Å². The van der Waals surface area contributed by atoms with Gasteiger partial charge in [0.25, 0.3) is 5.91 Å². The van der Waals surface area contributed by atoms with Crippen LogP contribution in [0, 0.1) is 0 Å². The van der Waals surface area contributed by atoms with Gasteiger partial charge < -0.3 is 24.7 Å². The second-order valence-corrected chi connectivity index (χ2v) is 9.05. The van der Waals surface area contributed by atoms with Gasteiger partial charge in [0.05, 0.1) is 44.2 Å². The lowest BCUT2D eigenvalue weighted by Gasteiger charge is -2.16. The van der Waals surface area contributed by atoms with Crippen LogP contribution in [-0.4, -0.2) is 86.0 Å². The number of carbonyl (C=O) groups excluding carboxylic acids is 1. The minimum Gasteiger partial charge on any atom is -0.480 e. The molecule has 3 rings (SSSR count). The molecule has 0 unspecified atom stereocenters. The van der Waals surface area contributed by atoms with Crippen molar-refractivity contribution in [3.8, 4) is 5.88 Å². The molecule has 0 spiro atoms. The molecule has 13 heteroatoms. The van der Waals surface area contributed by atoms with E-state index in [9.17, 15) is 13.2 Å². The fourth-order valence-electron chi connectivity index (χ4n) is 2.84. The quantitative estimate of drug-likeness (QED) is 0.361. The number of rotatable bonds is 10. The Morgan fingerprint density at radius 2 is 2.06 bits per heavy atom. The summed E-state index contributed by atoms with van der Waals surface area (Å²) in [5.74, 6) is -0.168. The summed E-state index contributed by atoms with van der Waals surface area (Å²) in [4.78, 5) is 26.5. The Morgan fingerprint density at radius 3 is 2.64 bits per heavy atom. The number of carbonyl (C=O) groups is 1. The zero-order valence-electron chi connectivity index (χ0n) is 18.2. The molecule has 2 N–H and O–H groups in total. The van der Waals surface area contributed by atoms with Crippen molar-refractivity contribution in [1.29, 1.82) is 0 Å². The van der Waals surface area contributed by atoms with E-state index in [0.29, 0.717) is 25.2 Å². The minimum absolute atomic E-state index is 0.00749. The molecule has 1 aromatic heterocycles. The summed E-state index contributed by atoms with van der Waals surface area (Å²) in [6, 6.07) is 5.61. The molecule has 12 nitrogen and oxygen atoms in total. The highest BCUT2D eigenvalue weighted by Crippen LogP contribution is 2.17. The van der Waals surface area contributed by atoms with Crippen molar-refractivity contribution in [2.45, 2.75) is 17.4 Å². The van der Waals surface area contributed by atoms with Crippen molar-refractivity contribution in [1.82, 2.24) is 14.3 Å². The Labute approximate surface area is 191 Å². The first-order chi connectivity index (χ1) is 15.8. The first kappa shape index (κ1) is 24.5. The van der Waals surface area contributed by atoms with Crippen LogP contribution in [0.5, 0.6) is 5.88 Å². The number of likely N-dealkylation sites (N-methyl/N-ethyl adjacent to an activating group) is 1. The first-order valence-electron chi connectivity index (χ1n) is 10.0. The number of aliphatic hydroxyl groups is 1. The topological polar surface area (TPSA) is 153 Å². The highest BCUT2D eigenvalue weighted by atomic mass is 32.2. The summed E-state index contributed by atoms with van der Waals surface area (Å²) >= 11 is 0. The van der Waals surface area contributed by atoms with Crippen molar-refractivity contribution < 1.29 is 32.6 Å². The standard InChI is InChI=1S/C20H25N5O7S/c1-25(8-9-26)33(28,29)16-5-3-14(4-6-16)19(24-32-15-7-10-31-13-15)20(27)23-17-11-22-18(30-2)12-21-17/h3-6,11-12,15,26H,7-10,13H2,1-2H3,(H,21,23,27)/b24-19+/t15-/m1/s1. The number of nitrogens with one attached hydrogen (secondary N) is 1. The van der Waals surface area contributed by atoms with Crippen molar-refractivity contribution in [2.75, 3.05) is 45.8 Å². The van der Waals surface area contributed by atoms with Crippen molar-refractivity contribution in [2.24, 2.45) is 5.16 Å². The average molecular weight is 480 g/mol. The highest BCUT2D eigenvalue weighted by molar-refractivity contribution is 7.89. The number of aliphatic hydroxyl groups excluding tert-OH is 1. The summed E-state index contributed by atoms with van der Waals surface area (Å²) in [6.07, 6.45) is 3.02. The number of methoxy groups -OCH3 is 1. The predicted octanol–water partition coefficient (Wildman–Crippen LogP) is 0.246. The number of nitrogens with zero attached hydrogens (tertiary/aromatic N) is 4. The van der Waals surface area contributed by atoms with Crippen LogP contribution in [0.3, 0.4) is 0 Å². The summed E-state index contributed by atoms with van der Waals surface area (Å²) in [6.45, 7) is 0.550. The minimum atomic E-state index is -3.79. The van der Waals surface area contributed by atoms with Gasteiger partial charge in [-0.15, -0.1) is 0 Å². The number of anilines is 1. The largest absolute Gasteiger partial charge is 0.480 e. The molecule has 178 valence electrons. The van der Waals surface area contributed by atoms with Gasteiger partial charge >= 0.3 is 0 Å². The summed E-state index contributed by atoms with van der Waals surface area (Å²) in [5, 5.41) is 15.6. The second kappa shape index (κ2) is 11.1. The van der Waals surface area contributed by atoms with E-state index in [0.717, 1.165) is 4.31 Å². The zero-order chi connectivity index (χ0) is 23.8. The lowest BCUT2D eigenvalue weighted by atomic mass is 10.1. The van der Waals surface area contributed by atoms with Crippen LogP contribution in [0.1, 0.15) is 12.0 Å². The molecule has 1 aromatic carbocycles. The Bertz CT molecular complexity index is 1070. The zero-order valence-corrected chi connectivity index (χ0v) is 19.0. The van der Waals surface area contributed by atoms with Crippen molar-refractivity contribution in [3.05, 3.63) is 42.2 Å². The molecule has 0 aliphatic carbocycles. The lowest BCUT2D eigenvalue weighted by molar-refractivity contribution is -0.110. The number of oxime groups is 1. The summed E-state index contributed by atoms with van der Waals surface area (Å²) in [7, 11) is -0.974. The van der Waals surface area contributed by atoms with Gasteiger partial charge in [-0.25, -0.2) is 18.4 Å². The van der Waals surface area contributed by atoms with E-state index < -0.39 is 15.9 Å². The maximum atomic E-state index is 12.9. The number of sulfonamides is 1. The van der Waals surface area contributed by atoms with Gasteiger partial charge in [0.2, 0.25) is 15.9 Å². The Balaban J connectivity index is 1.85. The number of aromatic nitrogens is 2. The molecule has 2 heterocycles. The molecular formula is C20H25N5O7S. The number of ether oxygens (including phenoxy) is 2. The molecule has 0 saturated carbocycles. The first-order valence-corrected chi connectivity index (χ1v) is 11.5. The maximum absolute atomic E-state index is 12.9. The molecule has 33 heavy (non-hydrogen) atoms.